The van der Waals surface area contributed by atoms with Gasteiger partial charge in [0.15, 0.2) is 0 Å². The fourth-order valence-corrected chi connectivity index (χ4v) is 4.06. The number of ether oxygens (including phenoxy) is 2. The molecule has 182 valence electrons. The number of carbonyl (C=O) groups excluding carboxylic acids is 1. The third-order valence-electron chi connectivity index (χ3n) is 5.63. The van der Waals surface area contributed by atoms with E-state index in [9.17, 15) is 23.2 Å². The second kappa shape index (κ2) is 10.4. The first kappa shape index (κ1) is 25.4. The van der Waals surface area contributed by atoms with Crippen molar-refractivity contribution in [2.75, 3.05) is 6.54 Å². The van der Waals surface area contributed by atoms with Gasteiger partial charge < -0.3 is 14.4 Å². The van der Waals surface area contributed by atoms with Crippen molar-refractivity contribution in [2.45, 2.75) is 70.4 Å². The maximum atomic E-state index is 13.0. The molecule has 2 aromatic carbocycles. The normalized spacial score (nSPS) is 17.6. The highest BCUT2D eigenvalue weighted by Gasteiger charge is 2.34. The van der Waals surface area contributed by atoms with Crippen molar-refractivity contribution in [3.8, 4) is 11.8 Å². The third kappa shape index (κ3) is 6.66. The second-order valence-electron chi connectivity index (χ2n) is 9.39. The van der Waals surface area contributed by atoms with E-state index in [0.717, 1.165) is 31.4 Å². The standard InChI is InChI=1S/C26H29F3N2O3/c1-25(2,3)34-24(32)31-15-7-6-9-20(31)16-23(22-10-5-4-8-18(22)17-30)33-21-13-11-19(12-14-21)26(27,28)29/h4-5,8,10-14,20,23H,6-7,9,15-16H2,1-3H3/t20-,23-/m0/s1. The summed E-state index contributed by atoms with van der Waals surface area (Å²) in [7, 11) is 0. The van der Waals surface area contributed by atoms with Gasteiger partial charge in [0, 0.05) is 24.6 Å². The van der Waals surface area contributed by atoms with Crippen molar-refractivity contribution in [2.24, 2.45) is 0 Å². The van der Waals surface area contributed by atoms with Crippen LogP contribution in [0.2, 0.25) is 0 Å². The predicted molar refractivity (Wildman–Crippen MR) is 121 cm³/mol. The number of amides is 1. The molecule has 8 heteroatoms. The molecule has 0 radical (unpaired) electrons. The molecule has 0 aromatic heterocycles. The SMILES string of the molecule is CC(C)(C)OC(=O)N1CCCC[C@H]1C[C@H](Oc1ccc(C(F)(F)F)cc1)c1ccccc1C#N. The molecular weight excluding hydrogens is 445 g/mol. The number of hydrogen-bond donors (Lipinski definition) is 0. The summed E-state index contributed by atoms with van der Waals surface area (Å²) in [5.41, 5.74) is -0.362. The van der Waals surface area contributed by atoms with E-state index in [4.69, 9.17) is 9.47 Å². The summed E-state index contributed by atoms with van der Waals surface area (Å²) in [4.78, 5) is 14.6. The largest absolute Gasteiger partial charge is 0.486 e. The molecular formula is C26H29F3N2O3. The van der Waals surface area contributed by atoms with Gasteiger partial charge in [-0.3, -0.25) is 0 Å². The number of nitrogens with zero attached hydrogens (tertiary/aromatic N) is 2. The van der Waals surface area contributed by atoms with Crippen LogP contribution in [0, 0.1) is 11.3 Å². The van der Waals surface area contributed by atoms with Gasteiger partial charge in [-0.25, -0.2) is 4.79 Å². The summed E-state index contributed by atoms with van der Waals surface area (Å²) in [6, 6.07) is 13.4. The quantitative estimate of drug-likeness (QED) is 0.474. The summed E-state index contributed by atoms with van der Waals surface area (Å²) in [5, 5.41) is 9.62. The van der Waals surface area contributed by atoms with Crippen molar-refractivity contribution in [3.63, 3.8) is 0 Å². The predicted octanol–water partition coefficient (Wildman–Crippen LogP) is 6.88. The number of alkyl halides is 3. The van der Waals surface area contributed by atoms with Gasteiger partial charge in [0.25, 0.3) is 0 Å². The Kier molecular flexibility index (Phi) is 7.75. The van der Waals surface area contributed by atoms with Crippen LogP contribution < -0.4 is 4.74 Å². The Labute approximate surface area is 198 Å². The Balaban J connectivity index is 1.89. The first-order valence-corrected chi connectivity index (χ1v) is 11.3. The molecule has 1 saturated heterocycles. The van der Waals surface area contributed by atoms with Crippen molar-refractivity contribution in [3.05, 3.63) is 65.2 Å². The molecule has 0 aliphatic carbocycles. The lowest BCUT2D eigenvalue weighted by Crippen LogP contribution is -2.47. The van der Waals surface area contributed by atoms with Gasteiger partial charge >= 0.3 is 12.3 Å². The number of rotatable bonds is 5. The van der Waals surface area contributed by atoms with E-state index >= 15 is 0 Å². The van der Waals surface area contributed by atoms with E-state index < -0.39 is 29.5 Å². The zero-order chi connectivity index (χ0) is 24.9. The number of piperidine rings is 1. The van der Waals surface area contributed by atoms with Gasteiger partial charge in [0.1, 0.15) is 17.5 Å². The Morgan fingerprint density at radius 3 is 2.41 bits per heavy atom. The summed E-state index contributed by atoms with van der Waals surface area (Å²) in [6.45, 7) is 5.98. The number of likely N-dealkylation sites (tertiary alicyclic amines) is 1. The van der Waals surface area contributed by atoms with Gasteiger partial charge in [-0.1, -0.05) is 18.2 Å². The minimum absolute atomic E-state index is 0.199. The lowest BCUT2D eigenvalue weighted by atomic mass is 9.92. The fourth-order valence-electron chi connectivity index (χ4n) is 4.06. The van der Waals surface area contributed by atoms with Gasteiger partial charge in [0.2, 0.25) is 0 Å². The maximum Gasteiger partial charge on any atom is 0.416 e. The zero-order valence-corrected chi connectivity index (χ0v) is 19.6. The van der Waals surface area contributed by atoms with Crippen LogP contribution in [0.25, 0.3) is 0 Å². The van der Waals surface area contributed by atoms with Crippen LogP contribution in [0.5, 0.6) is 5.75 Å². The lowest BCUT2D eigenvalue weighted by Gasteiger charge is -2.38. The second-order valence-corrected chi connectivity index (χ2v) is 9.39. The van der Waals surface area contributed by atoms with Crippen LogP contribution in [-0.2, 0) is 10.9 Å². The van der Waals surface area contributed by atoms with E-state index in [-0.39, 0.29) is 11.8 Å². The van der Waals surface area contributed by atoms with Crippen molar-refractivity contribution < 1.29 is 27.4 Å². The van der Waals surface area contributed by atoms with Crippen LogP contribution in [0.1, 0.15) is 69.2 Å². The Bertz CT molecular complexity index is 1020. The first-order chi connectivity index (χ1) is 16.0. The molecule has 0 spiro atoms. The molecule has 2 atom stereocenters. The van der Waals surface area contributed by atoms with Crippen LogP contribution in [0.15, 0.2) is 48.5 Å². The molecule has 0 bridgehead atoms. The van der Waals surface area contributed by atoms with Gasteiger partial charge in [-0.05, 0) is 70.4 Å². The molecule has 0 N–H and O–H groups in total. The van der Waals surface area contributed by atoms with E-state index in [0.29, 0.717) is 24.1 Å². The number of benzene rings is 2. The monoisotopic (exact) mass is 474 g/mol. The smallest absolute Gasteiger partial charge is 0.416 e. The third-order valence-corrected chi connectivity index (χ3v) is 5.63. The van der Waals surface area contributed by atoms with E-state index in [1.165, 1.54) is 12.1 Å². The topological polar surface area (TPSA) is 62.6 Å². The highest BCUT2D eigenvalue weighted by Crippen LogP contribution is 2.35. The average molecular weight is 475 g/mol. The van der Waals surface area contributed by atoms with Crippen molar-refractivity contribution in [1.82, 2.24) is 4.90 Å². The molecule has 3 rings (SSSR count). The van der Waals surface area contributed by atoms with Gasteiger partial charge in [0.05, 0.1) is 17.2 Å². The zero-order valence-electron chi connectivity index (χ0n) is 19.6. The van der Waals surface area contributed by atoms with E-state index in [2.05, 4.69) is 6.07 Å². The molecule has 34 heavy (non-hydrogen) atoms. The van der Waals surface area contributed by atoms with E-state index in [1.54, 1.807) is 29.2 Å². The van der Waals surface area contributed by atoms with Crippen LogP contribution in [0.4, 0.5) is 18.0 Å². The van der Waals surface area contributed by atoms with Crippen LogP contribution in [-0.4, -0.2) is 29.2 Å². The first-order valence-electron chi connectivity index (χ1n) is 11.3. The van der Waals surface area contributed by atoms with E-state index in [1.807, 2.05) is 20.8 Å². The Morgan fingerprint density at radius 2 is 1.79 bits per heavy atom. The minimum atomic E-state index is -4.44. The molecule has 5 nitrogen and oxygen atoms in total. The molecule has 2 aromatic rings. The van der Waals surface area contributed by atoms with Gasteiger partial charge in [-0.15, -0.1) is 0 Å². The summed E-state index contributed by atoms with van der Waals surface area (Å²) in [6.07, 6.45) is -2.59. The Morgan fingerprint density at radius 1 is 1.12 bits per heavy atom. The summed E-state index contributed by atoms with van der Waals surface area (Å²) >= 11 is 0. The lowest BCUT2D eigenvalue weighted by molar-refractivity contribution is -0.137. The van der Waals surface area contributed by atoms with Crippen LogP contribution in [0.3, 0.4) is 0 Å². The molecule has 0 unspecified atom stereocenters. The molecule has 1 aliphatic heterocycles. The molecule has 1 fully saturated rings. The highest BCUT2D eigenvalue weighted by atomic mass is 19.4. The molecule has 1 amide bonds. The summed E-state index contributed by atoms with van der Waals surface area (Å²) < 4.78 is 50.6. The number of nitriles is 1. The Hall–Kier alpha value is -3.21. The maximum absolute atomic E-state index is 13.0. The average Bonchev–Trinajstić information content (AvgIpc) is 2.77. The van der Waals surface area contributed by atoms with Gasteiger partial charge in [-0.2, -0.15) is 18.4 Å². The fraction of sp³-hybridized carbons (Fsp3) is 0.462. The van der Waals surface area contributed by atoms with Crippen molar-refractivity contribution >= 4 is 6.09 Å². The number of halogens is 3. The molecule has 1 aliphatic rings. The molecule has 1 heterocycles. The number of hydrogen-bond acceptors (Lipinski definition) is 4. The molecule has 0 saturated carbocycles. The van der Waals surface area contributed by atoms with Crippen LogP contribution >= 0.6 is 0 Å². The summed E-state index contributed by atoms with van der Waals surface area (Å²) in [5.74, 6) is 0.255. The number of carbonyl (C=O) groups is 1. The highest BCUT2D eigenvalue weighted by molar-refractivity contribution is 5.68. The van der Waals surface area contributed by atoms with Crippen molar-refractivity contribution in [1.29, 1.82) is 5.26 Å². The minimum Gasteiger partial charge on any atom is -0.486 e.